The van der Waals surface area contributed by atoms with Crippen LogP contribution < -0.4 is 0 Å². The molecule has 0 heterocycles. The van der Waals surface area contributed by atoms with E-state index < -0.39 is 5.60 Å². The summed E-state index contributed by atoms with van der Waals surface area (Å²) in [5.74, 6) is -0.277. The van der Waals surface area contributed by atoms with E-state index in [9.17, 15) is 4.79 Å². The average molecular weight is 354 g/mol. The van der Waals surface area contributed by atoms with E-state index in [1.807, 2.05) is 38.1 Å². The number of carbonyl (C=O) groups is 1. The summed E-state index contributed by atoms with van der Waals surface area (Å²) in [4.78, 5) is 12.2. The van der Waals surface area contributed by atoms with Gasteiger partial charge in [-0.1, -0.05) is 48.5 Å². The highest BCUT2D eigenvalue weighted by Gasteiger charge is 2.24. The van der Waals surface area contributed by atoms with E-state index in [0.29, 0.717) is 12.2 Å². The van der Waals surface area contributed by atoms with E-state index in [1.165, 1.54) is 5.56 Å². The molecule has 0 aliphatic carbocycles. The second-order valence-corrected chi connectivity index (χ2v) is 7.89. The molecule has 0 radical (unpaired) electrons. The minimum absolute atomic E-state index is 0.216. The number of hydrogen-bond donors (Lipinski definition) is 0. The van der Waals surface area contributed by atoms with E-state index in [-0.39, 0.29) is 11.6 Å². The molecule has 0 atom stereocenters. The lowest BCUT2D eigenvalue weighted by Crippen LogP contribution is -2.31. The number of esters is 1. The minimum Gasteiger partial charge on any atom is -0.456 e. The van der Waals surface area contributed by atoms with Crippen molar-refractivity contribution in [3.8, 4) is 0 Å². The molecule has 2 aromatic carbocycles. The topological polar surface area (TPSA) is 35.5 Å². The van der Waals surface area contributed by atoms with E-state index in [0.717, 1.165) is 19.3 Å². The quantitative estimate of drug-likeness (QED) is 0.444. The van der Waals surface area contributed by atoms with Gasteiger partial charge in [0.15, 0.2) is 0 Å². The van der Waals surface area contributed by atoms with Gasteiger partial charge in [-0.25, -0.2) is 4.79 Å². The fourth-order valence-corrected chi connectivity index (χ4v) is 2.92. The molecule has 2 rings (SSSR count). The molecule has 0 saturated carbocycles. The molecule has 0 spiro atoms. The van der Waals surface area contributed by atoms with Crippen molar-refractivity contribution >= 4 is 5.97 Å². The highest BCUT2D eigenvalue weighted by atomic mass is 16.6. The van der Waals surface area contributed by atoms with Crippen LogP contribution >= 0.6 is 0 Å². The Morgan fingerprint density at radius 3 is 2.04 bits per heavy atom. The molecule has 26 heavy (non-hydrogen) atoms. The molecular weight excluding hydrogens is 324 g/mol. The van der Waals surface area contributed by atoms with Crippen LogP contribution in [-0.2, 0) is 15.9 Å². The predicted octanol–water partition coefficient (Wildman–Crippen LogP) is 5.44. The molecule has 3 heteroatoms. The molecule has 0 unspecified atom stereocenters. The molecule has 0 N–H and O–H groups in total. The molecule has 3 nitrogen and oxygen atoms in total. The van der Waals surface area contributed by atoms with Gasteiger partial charge in [0.1, 0.15) is 5.60 Å². The summed E-state index contributed by atoms with van der Waals surface area (Å²) < 4.78 is 11.7. The zero-order valence-electron chi connectivity index (χ0n) is 16.3. The molecule has 0 bridgehead atoms. The number of carbonyl (C=O) groups excluding carboxylic acids is 1. The van der Waals surface area contributed by atoms with Crippen LogP contribution in [0.4, 0.5) is 0 Å². The maximum atomic E-state index is 12.2. The molecule has 0 amide bonds. The smallest absolute Gasteiger partial charge is 0.338 e. The number of benzene rings is 2. The Labute approximate surface area is 157 Å². The summed E-state index contributed by atoms with van der Waals surface area (Å²) >= 11 is 0. The van der Waals surface area contributed by atoms with Crippen LogP contribution in [0.5, 0.6) is 0 Å². The third kappa shape index (κ3) is 7.01. The third-order valence-corrected chi connectivity index (χ3v) is 4.27. The van der Waals surface area contributed by atoms with Gasteiger partial charge >= 0.3 is 5.97 Å². The van der Waals surface area contributed by atoms with Crippen molar-refractivity contribution in [2.75, 3.05) is 6.61 Å². The van der Waals surface area contributed by atoms with Crippen LogP contribution in [0.25, 0.3) is 0 Å². The first kappa shape index (κ1) is 20.2. The van der Waals surface area contributed by atoms with Crippen LogP contribution in [0.3, 0.4) is 0 Å². The maximum Gasteiger partial charge on any atom is 0.338 e. The zero-order chi connectivity index (χ0) is 19.0. The van der Waals surface area contributed by atoms with Gasteiger partial charge in [0.05, 0.1) is 11.2 Å². The van der Waals surface area contributed by atoms with Crippen molar-refractivity contribution in [3.05, 3.63) is 71.8 Å². The Balaban J connectivity index is 1.74. The molecule has 0 saturated heterocycles. The molecular formula is C23H30O3. The summed E-state index contributed by atoms with van der Waals surface area (Å²) in [6, 6.07) is 19.5. The fourth-order valence-electron chi connectivity index (χ4n) is 2.92. The van der Waals surface area contributed by atoms with Crippen molar-refractivity contribution in [2.45, 2.75) is 58.2 Å². The van der Waals surface area contributed by atoms with Gasteiger partial charge in [0.2, 0.25) is 0 Å². The largest absolute Gasteiger partial charge is 0.456 e. The highest BCUT2D eigenvalue weighted by molar-refractivity contribution is 5.89. The van der Waals surface area contributed by atoms with Gasteiger partial charge in [0.25, 0.3) is 0 Å². The lowest BCUT2D eigenvalue weighted by atomic mass is 9.98. The number of rotatable bonds is 9. The molecule has 0 fully saturated rings. The van der Waals surface area contributed by atoms with Crippen molar-refractivity contribution in [1.29, 1.82) is 0 Å². The normalized spacial score (nSPS) is 12.0. The molecule has 0 aliphatic rings. The van der Waals surface area contributed by atoms with Crippen LogP contribution in [0.1, 0.15) is 56.5 Å². The Hall–Kier alpha value is -2.13. The summed E-state index contributed by atoms with van der Waals surface area (Å²) in [6.07, 6.45) is 2.47. The Kier molecular flexibility index (Phi) is 6.98. The summed E-state index contributed by atoms with van der Waals surface area (Å²) in [5.41, 5.74) is 1.13. The first-order valence-electron chi connectivity index (χ1n) is 9.24. The van der Waals surface area contributed by atoms with Crippen molar-refractivity contribution in [3.63, 3.8) is 0 Å². The third-order valence-electron chi connectivity index (χ3n) is 4.27. The van der Waals surface area contributed by atoms with Gasteiger partial charge < -0.3 is 9.47 Å². The first-order chi connectivity index (χ1) is 12.3. The van der Waals surface area contributed by atoms with Gasteiger partial charge in [-0.15, -0.1) is 0 Å². The molecule has 0 aliphatic heterocycles. The van der Waals surface area contributed by atoms with Crippen LogP contribution in [0.15, 0.2) is 60.7 Å². The Morgan fingerprint density at radius 2 is 1.42 bits per heavy atom. The second-order valence-electron chi connectivity index (χ2n) is 7.89. The van der Waals surface area contributed by atoms with Crippen molar-refractivity contribution in [1.82, 2.24) is 0 Å². The fraction of sp³-hybridized carbons (Fsp3) is 0.435. The van der Waals surface area contributed by atoms with Crippen molar-refractivity contribution < 1.29 is 14.3 Å². The van der Waals surface area contributed by atoms with Gasteiger partial charge in [0, 0.05) is 13.0 Å². The average Bonchev–Trinajstić information content (AvgIpc) is 2.60. The molecule has 2 aromatic rings. The molecule has 0 aromatic heterocycles. The van der Waals surface area contributed by atoms with Gasteiger partial charge in [-0.2, -0.15) is 0 Å². The maximum absolute atomic E-state index is 12.2. The van der Waals surface area contributed by atoms with E-state index in [2.05, 4.69) is 38.1 Å². The zero-order valence-corrected chi connectivity index (χ0v) is 16.3. The Morgan fingerprint density at radius 1 is 0.846 bits per heavy atom. The van der Waals surface area contributed by atoms with Crippen LogP contribution in [0, 0.1) is 0 Å². The summed E-state index contributed by atoms with van der Waals surface area (Å²) in [7, 11) is 0. The first-order valence-corrected chi connectivity index (χ1v) is 9.24. The highest BCUT2D eigenvalue weighted by Crippen LogP contribution is 2.21. The monoisotopic (exact) mass is 354 g/mol. The van der Waals surface area contributed by atoms with Crippen LogP contribution in [-0.4, -0.2) is 23.8 Å². The predicted molar refractivity (Wildman–Crippen MR) is 105 cm³/mol. The summed E-state index contributed by atoms with van der Waals surface area (Å²) in [5, 5.41) is 0. The number of ether oxygens (including phenoxy) is 2. The Bertz CT molecular complexity index is 675. The molecule has 140 valence electrons. The van der Waals surface area contributed by atoms with Gasteiger partial charge in [-0.05, 0) is 58.2 Å². The lowest BCUT2D eigenvalue weighted by Gasteiger charge is -2.28. The van der Waals surface area contributed by atoms with E-state index >= 15 is 0 Å². The van der Waals surface area contributed by atoms with Crippen molar-refractivity contribution in [2.24, 2.45) is 0 Å². The van der Waals surface area contributed by atoms with Crippen LogP contribution in [0.2, 0.25) is 0 Å². The van der Waals surface area contributed by atoms with E-state index in [4.69, 9.17) is 9.47 Å². The SMILES string of the molecule is CC(C)(Cc1ccccc1)OCCCC(C)(C)OC(=O)c1ccccc1. The lowest BCUT2D eigenvalue weighted by molar-refractivity contribution is -0.0348. The second kappa shape index (κ2) is 9.00. The standard InChI is InChI=1S/C23H30O3/c1-22(2,26-21(24)20-14-9-6-10-15-20)16-11-17-25-23(3,4)18-19-12-7-5-8-13-19/h5-10,12-15H,11,16-18H2,1-4H3. The minimum atomic E-state index is -0.514. The summed E-state index contributed by atoms with van der Waals surface area (Å²) in [6.45, 7) is 8.76. The van der Waals surface area contributed by atoms with E-state index in [1.54, 1.807) is 12.1 Å². The number of hydrogen-bond acceptors (Lipinski definition) is 3. The van der Waals surface area contributed by atoms with Gasteiger partial charge in [-0.3, -0.25) is 0 Å².